The maximum atomic E-state index is 6.15. The number of benzene rings is 1. The van der Waals surface area contributed by atoms with Crippen LogP contribution in [0.4, 0.5) is 0 Å². The van der Waals surface area contributed by atoms with Gasteiger partial charge in [-0.05, 0) is 43.0 Å². The van der Waals surface area contributed by atoms with Gasteiger partial charge in [-0.15, -0.1) is 0 Å². The second-order valence-electron chi connectivity index (χ2n) is 5.24. The molecule has 112 valence electrons. The molecule has 0 fully saturated rings. The van der Waals surface area contributed by atoms with Crippen LogP contribution in [0.3, 0.4) is 0 Å². The third kappa shape index (κ3) is 3.56. The molecular weight excluding hydrogens is 282 g/mol. The Morgan fingerprint density at radius 2 is 2.05 bits per heavy atom. The van der Waals surface area contributed by atoms with Crippen molar-refractivity contribution in [3.05, 3.63) is 46.4 Å². The van der Waals surface area contributed by atoms with Gasteiger partial charge in [0.15, 0.2) is 11.7 Å². The molecule has 21 heavy (non-hydrogen) atoms. The largest absolute Gasteiger partial charge is 0.440 e. The number of allylic oxidation sites excluding steroid dienone is 2. The van der Waals surface area contributed by atoms with Crippen molar-refractivity contribution < 1.29 is 4.42 Å². The fourth-order valence-corrected chi connectivity index (χ4v) is 2.57. The second-order valence-corrected chi connectivity index (χ2v) is 5.68. The predicted molar refractivity (Wildman–Crippen MR) is 89.6 cm³/mol. The molecule has 3 heteroatoms. The summed E-state index contributed by atoms with van der Waals surface area (Å²) in [6, 6.07) is 5.87. The molecule has 0 spiro atoms. The van der Waals surface area contributed by atoms with Crippen LogP contribution in [0, 0.1) is 13.8 Å². The van der Waals surface area contributed by atoms with Crippen molar-refractivity contribution in [2.45, 2.75) is 47.0 Å². The summed E-state index contributed by atoms with van der Waals surface area (Å²) in [5, 5.41) is 0.714. The summed E-state index contributed by atoms with van der Waals surface area (Å²) in [6.07, 6.45) is 5.40. The molecule has 0 saturated carbocycles. The number of hydrogen-bond acceptors (Lipinski definition) is 2. The van der Waals surface area contributed by atoms with Gasteiger partial charge in [0.05, 0.1) is 0 Å². The number of aryl methyl sites for hydroxylation is 2. The molecule has 0 aliphatic carbocycles. The van der Waals surface area contributed by atoms with E-state index in [1.54, 1.807) is 0 Å². The zero-order valence-corrected chi connectivity index (χ0v) is 13.9. The lowest BCUT2D eigenvalue weighted by Gasteiger charge is -2.07. The number of oxazole rings is 1. The van der Waals surface area contributed by atoms with Crippen LogP contribution in [0.5, 0.6) is 0 Å². The van der Waals surface area contributed by atoms with Crippen molar-refractivity contribution in [3.8, 4) is 11.3 Å². The Bertz CT molecular complexity index is 655. The standard InChI is InChI=1S/C18H22ClNO/c1-5-7-8-14(6-2)17-18(21-13(4)20-17)16-11-15(19)10-9-12(16)3/h8-11H,5-7H2,1-4H3/b14-8+. The van der Waals surface area contributed by atoms with E-state index in [4.69, 9.17) is 16.0 Å². The minimum Gasteiger partial charge on any atom is -0.440 e. The minimum atomic E-state index is 0.690. The van der Waals surface area contributed by atoms with Gasteiger partial charge in [-0.1, -0.05) is 44.0 Å². The van der Waals surface area contributed by atoms with Gasteiger partial charge in [-0.2, -0.15) is 0 Å². The van der Waals surface area contributed by atoms with E-state index in [9.17, 15) is 0 Å². The van der Waals surface area contributed by atoms with Crippen molar-refractivity contribution in [3.63, 3.8) is 0 Å². The highest BCUT2D eigenvalue weighted by Crippen LogP contribution is 2.34. The van der Waals surface area contributed by atoms with E-state index >= 15 is 0 Å². The van der Waals surface area contributed by atoms with Gasteiger partial charge < -0.3 is 4.42 Å². The quantitative estimate of drug-likeness (QED) is 0.656. The van der Waals surface area contributed by atoms with Crippen LogP contribution in [-0.2, 0) is 0 Å². The van der Waals surface area contributed by atoms with E-state index in [-0.39, 0.29) is 0 Å². The molecule has 0 radical (unpaired) electrons. The number of aromatic nitrogens is 1. The molecule has 2 rings (SSSR count). The van der Waals surface area contributed by atoms with Gasteiger partial charge in [-0.25, -0.2) is 4.98 Å². The molecule has 0 saturated heterocycles. The van der Waals surface area contributed by atoms with Gasteiger partial charge in [0, 0.05) is 17.5 Å². The third-order valence-corrected chi connectivity index (χ3v) is 3.78. The molecule has 2 nitrogen and oxygen atoms in total. The third-order valence-electron chi connectivity index (χ3n) is 3.54. The lowest BCUT2D eigenvalue weighted by molar-refractivity contribution is 0.534. The number of halogens is 1. The second kappa shape index (κ2) is 6.95. The molecule has 0 bridgehead atoms. The number of rotatable bonds is 5. The summed E-state index contributed by atoms with van der Waals surface area (Å²) in [5.41, 5.74) is 4.36. The molecular formula is C18H22ClNO. The maximum absolute atomic E-state index is 6.15. The van der Waals surface area contributed by atoms with Crippen LogP contribution in [-0.4, -0.2) is 4.98 Å². The molecule has 0 N–H and O–H groups in total. The van der Waals surface area contributed by atoms with Crippen LogP contribution in [0.1, 0.15) is 50.3 Å². The molecule has 1 aromatic carbocycles. The van der Waals surface area contributed by atoms with Crippen molar-refractivity contribution in [1.82, 2.24) is 4.98 Å². The van der Waals surface area contributed by atoms with E-state index in [2.05, 4.69) is 31.8 Å². The average Bonchev–Trinajstić information content (AvgIpc) is 2.84. The van der Waals surface area contributed by atoms with Crippen LogP contribution in [0.2, 0.25) is 5.02 Å². The zero-order valence-electron chi connectivity index (χ0n) is 13.2. The summed E-state index contributed by atoms with van der Waals surface area (Å²) in [6.45, 7) is 8.29. The number of hydrogen-bond donors (Lipinski definition) is 0. The van der Waals surface area contributed by atoms with Crippen LogP contribution < -0.4 is 0 Å². The normalized spacial score (nSPS) is 12.0. The molecule has 0 unspecified atom stereocenters. The Kier molecular flexibility index (Phi) is 5.24. The van der Waals surface area contributed by atoms with Crippen LogP contribution >= 0.6 is 11.6 Å². The highest BCUT2D eigenvalue weighted by molar-refractivity contribution is 6.30. The summed E-state index contributed by atoms with van der Waals surface area (Å²) in [4.78, 5) is 4.60. The van der Waals surface area contributed by atoms with Gasteiger partial charge in [0.2, 0.25) is 0 Å². The van der Waals surface area contributed by atoms with E-state index in [1.165, 1.54) is 5.57 Å². The lowest BCUT2D eigenvalue weighted by atomic mass is 10.00. The first-order valence-corrected chi connectivity index (χ1v) is 7.88. The molecule has 1 aromatic heterocycles. The van der Waals surface area contributed by atoms with E-state index in [1.807, 2.05) is 25.1 Å². The summed E-state index contributed by atoms with van der Waals surface area (Å²) < 4.78 is 5.89. The van der Waals surface area contributed by atoms with Crippen LogP contribution in [0.15, 0.2) is 28.7 Å². The van der Waals surface area contributed by atoms with Gasteiger partial charge >= 0.3 is 0 Å². The Hall–Kier alpha value is -1.54. The van der Waals surface area contributed by atoms with E-state index < -0.39 is 0 Å². The smallest absolute Gasteiger partial charge is 0.192 e. The first-order chi connectivity index (χ1) is 10.1. The molecule has 0 amide bonds. The van der Waals surface area contributed by atoms with Gasteiger partial charge in [-0.3, -0.25) is 0 Å². The minimum absolute atomic E-state index is 0.690. The molecule has 0 aliphatic heterocycles. The predicted octanol–water partition coefficient (Wildman–Crippen LogP) is 6.21. The lowest BCUT2D eigenvalue weighted by Crippen LogP contribution is -1.90. The van der Waals surface area contributed by atoms with Crippen molar-refractivity contribution in [1.29, 1.82) is 0 Å². The Labute approximate surface area is 131 Å². The molecule has 2 aromatic rings. The fourth-order valence-electron chi connectivity index (χ4n) is 2.39. The Morgan fingerprint density at radius 1 is 1.29 bits per heavy atom. The van der Waals surface area contributed by atoms with Gasteiger partial charge in [0.25, 0.3) is 0 Å². The first kappa shape index (κ1) is 15.8. The summed E-state index contributed by atoms with van der Waals surface area (Å²) in [7, 11) is 0. The van der Waals surface area contributed by atoms with Gasteiger partial charge in [0.1, 0.15) is 5.69 Å². The monoisotopic (exact) mass is 303 g/mol. The average molecular weight is 304 g/mol. The molecule has 0 atom stereocenters. The van der Waals surface area contributed by atoms with Crippen molar-refractivity contribution >= 4 is 17.2 Å². The maximum Gasteiger partial charge on any atom is 0.192 e. The van der Waals surface area contributed by atoms with E-state index in [0.29, 0.717) is 10.9 Å². The molecule has 1 heterocycles. The molecule has 0 aliphatic rings. The number of nitrogens with zero attached hydrogens (tertiary/aromatic N) is 1. The SMILES string of the molecule is CCC/C=C(\CC)c1nc(C)oc1-c1cc(Cl)ccc1C. The summed E-state index contributed by atoms with van der Waals surface area (Å²) in [5.74, 6) is 1.52. The van der Waals surface area contributed by atoms with Crippen LogP contribution in [0.25, 0.3) is 16.9 Å². The zero-order chi connectivity index (χ0) is 15.4. The van der Waals surface area contributed by atoms with E-state index in [0.717, 1.165) is 41.8 Å². The highest BCUT2D eigenvalue weighted by atomic mass is 35.5. The Balaban J connectivity index is 2.57. The first-order valence-electron chi connectivity index (χ1n) is 7.50. The van der Waals surface area contributed by atoms with Crippen molar-refractivity contribution in [2.75, 3.05) is 0 Å². The highest BCUT2D eigenvalue weighted by Gasteiger charge is 2.18. The topological polar surface area (TPSA) is 26.0 Å². The Morgan fingerprint density at radius 3 is 2.71 bits per heavy atom. The fraction of sp³-hybridized carbons (Fsp3) is 0.389. The summed E-state index contributed by atoms with van der Waals surface area (Å²) >= 11 is 6.15. The number of unbranched alkanes of at least 4 members (excludes halogenated alkanes) is 1. The van der Waals surface area contributed by atoms with Crippen molar-refractivity contribution in [2.24, 2.45) is 0 Å².